The SMILES string of the molecule is COc1ccc(COc2ccc(/C=C3\Oc4cc(OC)ccc4C3=O)cc2OC)cc1. The molecule has 0 spiro atoms. The van der Waals surface area contributed by atoms with E-state index in [4.69, 9.17) is 23.7 Å². The molecule has 0 saturated carbocycles. The van der Waals surface area contributed by atoms with Gasteiger partial charge in [-0.25, -0.2) is 0 Å². The number of ketones is 1. The van der Waals surface area contributed by atoms with Gasteiger partial charge in [-0.15, -0.1) is 0 Å². The van der Waals surface area contributed by atoms with Gasteiger partial charge in [0, 0.05) is 6.07 Å². The Labute approximate surface area is 180 Å². The van der Waals surface area contributed by atoms with Crippen molar-refractivity contribution in [2.75, 3.05) is 21.3 Å². The average molecular weight is 418 g/mol. The summed E-state index contributed by atoms with van der Waals surface area (Å²) in [6.07, 6.45) is 1.69. The zero-order valence-electron chi connectivity index (χ0n) is 17.5. The number of ether oxygens (including phenoxy) is 5. The molecule has 0 aromatic heterocycles. The maximum atomic E-state index is 12.6. The number of carbonyl (C=O) groups is 1. The summed E-state index contributed by atoms with van der Waals surface area (Å²) in [6.45, 7) is 0.388. The molecule has 0 unspecified atom stereocenters. The van der Waals surface area contributed by atoms with E-state index in [0.29, 0.717) is 35.2 Å². The number of carbonyl (C=O) groups excluding carboxylic acids is 1. The Kier molecular flexibility index (Phi) is 5.80. The van der Waals surface area contributed by atoms with Crippen LogP contribution in [0.2, 0.25) is 0 Å². The molecule has 0 amide bonds. The van der Waals surface area contributed by atoms with Crippen molar-refractivity contribution in [3.05, 3.63) is 83.1 Å². The van der Waals surface area contributed by atoms with Crippen molar-refractivity contribution in [3.63, 3.8) is 0 Å². The second-order valence-electron chi connectivity index (χ2n) is 6.85. The minimum Gasteiger partial charge on any atom is -0.497 e. The first-order valence-corrected chi connectivity index (χ1v) is 9.67. The van der Waals surface area contributed by atoms with Crippen LogP contribution in [0.4, 0.5) is 0 Å². The first kappa shape index (κ1) is 20.3. The second-order valence-corrected chi connectivity index (χ2v) is 6.85. The van der Waals surface area contributed by atoms with Gasteiger partial charge in [-0.1, -0.05) is 18.2 Å². The van der Waals surface area contributed by atoms with E-state index in [1.165, 1.54) is 0 Å². The molecule has 0 N–H and O–H groups in total. The lowest BCUT2D eigenvalue weighted by Crippen LogP contribution is -1.99. The van der Waals surface area contributed by atoms with E-state index in [2.05, 4.69) is 0 Å². The molecule has 0 fully saturated rings. The largest absolute Gasteiger partial charge is 0.497 e. The van der Waals surface area contributed by atoms with E-state index >= 15 is 0 Å². The molecule has 3 aromatic rings. The van der Waals surface area contributed by atoms with Gasteiger partial charge in [0.05, 0.1) is 26.9 Å². The molecular formula is C25H22O6. The molecule has 0 bridgehead atoms. The van der Waals surface area contributed by atoms with Crippen molar-refractivity contribution >= 4 is 11.9 Å². The molecule has 6 heteroatoms. The van der Waals surface area contributed by atoms with Crippen molar-refractivity contribution < 1.29 is 28.5 Å². The minimum atomic E-state index is -0.170. The van der Waals surface area contributed by atoms with Crippen LogP contribution in [-0.4, -0.2) is 27.1 Å². The number of hydrogen-bond acceptors (Lipinski definition) is 6. The van der Waals surface area contributed by atoms with Gasteiger partial charge in [0.15, 0.2) is 17.3 Å². The lowest BCUT2D eigenvalue weighted by molar-refractivity contribution is 0.101. The van der Waals surface area contributed by atoms with Gasteiger partial charge in [-0.05, 0) is 53.6 Å². The topological polar surface area (TPSA) is 63.2 Å². The minimum absolute atomic E-state index is 0.170. The van der Waals surface area contributed by atoms with Crippen molar-refractivity contribution in [2.45, 2.75) is 6.61 Å². The molecule has 1 heterocycles. The number of rotatable bonds is 7. The Morgan fingerprint density at radius 2 is 1.55 bits per heavy atom. The maximum absolute atomic E-state index is 12.6. The van der Waals surface area contributed by atoms with Crippen molar-refractivity contribution in [3.8, 4) is 28.7 Å². The summed E-state index contributed by atoms with van der Waals surface area (Å²) >= 11 is 0. The molecule has 31 heavy (non-hydrogen) atoms. The van der Waals surface area contributed by atoms with Crippen molar-refractivity contribution in [2.24, 2.45) is 0 Å². The van der Waals surface area contributed by atoms with Crippen LogP contribution in [0.1, 0.15) is 21.5 Å². The first-order valence-electron chi connectivity index (χ1n) is 9.67. The fourth-order valence-electron chi connectivity index (χ4n) is 3.22. The standard InChI is InChI=1S/C25H22O6/c1-27-18-7-4-16(5-8-18)15-30-21-11-6-17(12-23(21)29-3)13-24-25(26)20-10-9-19(28-2)14-22(20)31-24/h4-14H,15H2,1-3H3/b24-13-. The van der Waals surface area contributed by atoms with Crippen LogP contribution in [0, 0.1) is 0 Å². The zero-order valence-corrected chi connectivity index (χ0v) is 17.5. The molecule has 0 atom stereocenters. The molecule has 0 aliphatic carbocycles. The highest BCUT2D eigenvalue weighted by Gasteiger charge is 2.27. The van der Waals surface area contributed by atoms with Crippen LogP contribution in [0.5, 0.6) is 28.7 Å². The van der Waals surface area contributed by atoms with Crippen molar-refractivity contribution in [1.29, 1.82) is 0 Å². The van der Waals surface area contributed by atoms with Gasteiger partial charge in [0.2, 0.25) is 5.78 Å². The summed E-state index contributed by atoms with van der Waals surface area (Å²) in [5.41, 5.74) is 2.28. The Hall–Kier alpha value is -3.93. The maximum Gasteiger partial charge on any atom is 0.231 e. The van der Waals surface area contributed by atoms with Gasteiger partial charge in [-0.3, -0.25) is 4.79 Å². The van der Waals surface area contributed by atoms with E-state index < -0.39 is 0 Å². The molecule has 6 nitrogen and oxygen atoms in total. The van der Waals surface area contributed by atoms with Crippen molar-refractivity contribution in [1.82, 2.24) is 0 Å². The van der Waals surface area contributed by atoms with Crippen LogP contribution < -0.4 is 23.7 Å². The van der Waals surface area contributed by atoms with Crippen LogP contribution >= 0.6 is 0 Å². The lowest BCUT2D eigenvalue weighted by Gasteiger charge is -2.12. The number of methoxy groups -OCH3 is 3. The Bertz CT molecular complexity index is 1130. The van der Waals surface area contributed by atoms with Crippen LogP contribution in [-0.2, 0) is 6.61 Å². The molecule has 0 radical (unpaired) electrons. The van der Waals surface area contributed by atoms with Gasteiger partial charge in [0.25, 0.3) is 0 Å². The predicted octanol–water partition coefficient (Wildman–Crippen LogP) is 4.91. The van der Waals surface area contributed by atoms with Gasteiger partial charge in [0.1, 0.15) is 23.9 Å². The third kappa shape index (κ3) is 4.33. The van der Waals surface area contributed by atoms with Gasteiger partial charge >= 0.3 is 0 Å². The summed E-state index contributed by atoms with van der Waals surface area (Å²) in [4.78, 5) is 12.6. The monoisotopic (exact) mass is 418 g/mol. The summed E-state index contributed by atoms with van der Waals surface area (Å²) < 4.78 is 27.5. The molecule has 4 rings (SSSR count). The zero-order chi connectivity index (χ0) is 21.8. The number of benzene rings is 3. The molecule has 3 aromatic carbocycles. The second kappa shape index (κ2) is 8.83. The van der Waals surface area contributed by atoms with E-state index in [1.54, 1.807) is 51.7 Å². The fraction of sp³-hybridized carbons (Fsp3) is 0.160. The third-order valence-corrected chi connectivity index (χ3v) is 4.92. The highest BCUT2D eigenvalue weighted by molar-refractivity contribution is 6.14. The van der Waals surface area contributed by atoms with Crippen LogP contribution in [0.25, 0.3) is 6.08 Å². The number of Topliss-reactive ketones (excluding diaryl/α,β-unsaturated/α-hetero) is 1. The summed E-state index contributed by atoms with van der Waals surface area (Å²) in [7, 11) is 4.78. The normalized spacial score (nSPS) is 13.5. The molecular weight excluding hydrogens is 396 g/mol. The number of fused-ring (bicyclic) bond motifs is 1. The number of hydrogen-bond donors (Lipinski definition) is 0. The molecule has 158 valence electrons. The molecule has 1 aliphatic rings. The first-order chi connectivity index (χ1) is 15.1. The summed E-state index contributed by atoms with van der Waals surface area (Å²) in [5.74, 6) is 3.16. The van der Waals surface area contributed by atoms with E-state index in [0.717, 1.165) is 16.9 Å². The van der Waals surface area contributed by atoms with E-state index in [1.807, 2.05) is 36.4 Å². The Morgan fingerprint density at radius 1 is 0.806 bits per heavy atom. The fourth-order valence-corrected chi connectivity index (χ4v) is 3.22. The van der Waals surface area contributed by atoms with E-state index in [-0.39, 0.29) is 11.5 Å². The molecule has 1 aliphatic heterocycles. The Morgan fingerprint density at radius 3 is 2.26 bits per heavy atom. The smallest absolute Gasteiger partial charge is 0.231 e. The number of allylic oxidation sites excluding steroid dienone is 1. The lowest BCUT2D eigenvalue weighted by atomic mass is 10.1. The van der Waals surface area contributed by atoms with Crippen LogP contribution in [0.3, 0.4) is 0 Å². The highest BCUT2D eigenvalue weighted by Crippen LogP contribution is 2.36. The quantitative estimate of drug-likeness (QED) is 0.508. The third-order valence-electron chi connectivity index (χ3n) is 4.92. The summed E-state index contributed by atoms with van der Waals surface area (Å²) in [6, 6.07) is 18.3. The van der Waals surface area contributed by atoms with Gasteiger partial charge < -0.3 is 23.7 Å². The molecule has 0 saturated heterocycles. The average Bonchev–Trinajstić information content (AvgIpc) is 3.12. The van der Waals surface area contributed by atoms with Crippen LogP contribution in [0.15, 0.2) is 66.4 Å². The highest BCUT2D eigenvalue weighted by atomic mass is 16.5. The van der Waals surface area contributed by atoms with E-state index in [9.17, 15) is 4.79 Å². The summed E-state index contributed by atoms with van der Waals surface area (Å²) in [5, 5.41) is 0. The Balaban J connectivity index is 1.50. The predicted molar refractivity (Wildman–Crippen MR) is 116 cm³/mol. The van der Waals surface area contributed by atoms with Gasteiger partial charge in [-0.2, -0.15) is 0 Å².